The van der Waals surface area contributed by atoms with E-state index in [0.717, 1.165) is 16.2 Å². The molecule has 0 spiro atoms. The Balaban J connectivity index is 1.31. The molecule has 0 amide bonds. The van der Waals surface area contributed by atoms with Crippen molar-refractivity contribution in [3.8, 4) is 21.9 Å². The molecule has 9 heteroatoms. The van der Waals surface area contributed by atoms with E-state index in [4.69, 9.17) is 14.2 Å². The van der Waals surface area contributed by atoms with Crippen LogP contribution in [0.15, 0.2) is 52.8 Å². The third-order valence-corrected chi connectivity index (χ3v) is 6.21. The molecule has 0 saturated carbocycles. The molecule has 3 aromatic heterocycles. The second-order valence-electron chi connectivity index (χ2n) is 6.24. The Kier molecular flexibility index (Phi) is 4.53. The molecule has 0 bridgehead atoms. The van der Waals surface area contributed by atoms with Crippen molar-refractivity contribution in [2.75, 3.05) is 13.2 Å². The number of esters is 1. The lowest BCUT2D eigenvalue weighted by atomic mass is 10.1. The monoisotopic (exact) mass is 426 g/mol. The van der Waals surface area contributed by atoms with Gasteiger partial charge in [-0.25, -0.2) is 9.78 Å². The van der Waals surface area contributed by atoms with Crippen LogP contribution >= 0.6 is 22.7 Å². The van der Waals surface area contributed by atoms with Gasteiger partial charge in [-0.15, -0.1) is 22.7 Å². The Hall–Kier alpha value is -3.17. The van der Waals surface area contributed by atoms with E-state index >= 15 is 0 Å². The highest BCUT2D eigenvalue weighted by Crippen LogP contribution is 2.37. The fraction of sp³-hybridized carbons (Fsp3) is 0.150. The van der Waals surface area contributed by atoms with Crippen LogP contribution in [0.25, 0.3) is 15.4 Å². The van der Waals surface area contributed by atoms with Crippen LogP contribution < -0.4 is 15.0 Å². The number of thiazole rings is 1. The van der Waals surface area contributed by atoms with Crippen LogP contribution in [0.4, 0.5) is 0 Å². The predicted octanol–water partition coefficient (Wildman–Crippen LogP) is 3.61. The maximum atomic E-state index is 12.4. The van der Waals surface area contributed by atoms with Crippen molar-refractivity contribution in [3.63, 3.8) is 0 Å². The number of rotatable bonds is 4. The van der Waals surface area contributed by atoms with E-state index < -0.39 is 5.97 Å². The fourth-order valence-corrected chi connectivity index (χ4v) is 4.61. The summed E-state index contributed by atoms with van der Waals surface area (Å²) in [5, 5.41) is 1.78. The lowest BCUT2D eigenvalue weighted by molar-refractivity contribution is 0.0473. The predicted molar refractivity (Wildman–Crippen MR) is 109 cm³/mol. The summed E-state index contributed by atoms with van der Waals surface area (Å²) in [5.74, 6) is 0.974. The normalized spacial score (nSPS) is 12.8. The Bertz CT molecular complexity index is 1270. The highest BCUT2D eigenvalue weighted by atomic mass is 32.1. The third kappa shape index (κ3) is 3.50. The van der Waals surface area contributed by atoms with Gasteiger partial charge in [0.1, 0.15) is 24.7 Å². The van der Waals surface area contributed by atoms with Crippen molar-refractivity contribution in [2.24, 2.45) is 0 Å². The molecule has 29 heavy (non-hydrogen) atoms. The first-order chi connectivity index (χ1) is 14.2. The summed E-state index contributed by atoms with van der Waals surface area (Å²) in [5.41, 5.74) is 1.17. The van der Waals surface area contributed by atoms with Crippen molar-refractivity contribution in [1.82, 2.24) is 9.38 Å². The average Bonchev–Trinajstić information content (AvgIpc) is 3.42. The largest absolute Gasteiger partial charge is 0.486 e. The number of nitrogens with zero attached hydrogens (tertiary/aromatic N) is 2. The Morgan fingerprint density at radius 3 is 2.90 bits per heavy atom. The summed E-state index contributed by atoms with van der Waals surface area (Å²) in [6, 6.07) is 10.7. The number of fused-ring (bicyclic) bond motifs is 2. The van der Waals surface area contributed by atoms with Gasteiger partial charge >= 0.3 is 5.97 Å². The van der Waals surface area contributed by atoms with E-state index in [0.29, 0.717) is 34.5 Å². The molecule has 7 nitrogen and oxygen atoms in total. The zero-order valence-electron chi connectivity index (χ0n) is 15.0. The Morgan fingerprint density at radius 1 is 1.14 bits per heavy atom. The second kappa shape index (κ2) is 7.34. The SMILES string of the molecule is O=C(OCc1cc(=O)n2ccsc2n1)c1ccc(-c2ccc3c(c2)OCCO3)s1. The van der Waals surface area contributed by atoms with E-state index in [2.05, 4.69) is 4.98 Å². The molecule has 0 radical (unpaired) electrons. The molecule has 0 saturated heterocycles. The molecule has 1 aliphatic heterocycles. The fourth-order valence-electron chi connectivity index (χ4n) is 2.97. The van der Waals surface area contributed by atoms with E-state index in [1.165, 1.54) is 33.1 Å². The summed E-state index contributed by atoms with van der Waals surface area (Å²) < 4.78 is 18.0. The van der Waals surface area contributed by atoms with Gasteiger partial charge in [0.05, 0.1) is 5.69 Å². The van der Waals surface area contributed by atoms with Gasteiger partial charge in [-0.3, -0.25) is 9.20 Å². The van der Waals surface area contributed by atoms with Crippen molar-refractivity contribution in [1.29, 1.82) is 0 Å². The molecule has 4 heterocycles. The van der Waals surface area contributed by atoms with Gasteiger partial charge in [-0.05, 0) is 35.9 Å². The zero-order valence-corrected chi connectivity index (χ0v) is 16.6. The highest BCUT2D eigenvalue weighted by molar-refractivity contribution is 7.17. The maximum absolute atomic E-state index is 12.4. The summed E-state index contributed by atoms with van der Waals surface area (Å²) in [6.45, 7) is 1.01. The molecule has 5 rings (SSSR count). The van der Waals surface area contributed by atoms with Crippen LogP contribution in [-0.4, -0.2) is 28.6 Å². The summed E-state index contributed by atoms with van der Waals surface area (Å²) in [6.07, 6.45) is 1.66. The number of thiophene rings is 1. The first-order valence-electron chi connectivity index (χ1n) is 8.80. The number of carbonyl (C=O) groups excluding carboxylic acids is 1. The topological polar surface area (TPSA) is 79.1 Å². The molecule has 0 unspecified atom stereocenters. The van der Waals surface area contributed by atoms with E-state index in [-0.39, 0.29) is 12.2 Å². The van der Waals surface area contributed by atoms with Crippen molar-refractivity contribution >= 4 is 33.6 Å². The quantitative estimate of drug-likeness (QED) is 0.464. The number of aromatic nitrogens is 2. The molecule has 0 fully saturated rings. The van der Waals surface area contributed by atoms with E-state index in [1.54, 1.807) is 17.6 Å². The average molecular weight is 426 g/mol. The molecular formula is C20H14N2O5S2. The first-order valence-corrected chi connectivity index (χ1v) is 10.5. The van der Waals surface area contributed by atoms with Crippen molar-refractivity contribution < 1.29 is 19.0 Å². The molecule has 1 aromatic carbocycles. The third-order valence-electron chi connectivity index (χ3n) is 4.34. The van der Waals surface area contributed by atoms with Crippen LogP contribution in [0.5, 0.6) is 11.5 Å². The second-order valence-corrected chi connectivity index (χ2v) is 8.20. The summed E-state index contributed by atoms with van der Waals surface area (Å²) >= 11 is 2.68. The number of hydrogen-bond acceptors (Lipinski definition) is 8. The van der Waals surface area contributed by atoms with Gasteiger partial charge in [-0.2, -0.15) is 0 Å². The van der Waals surface area contributed by atoms with Crippen LogP contribution in [0, 0.1) is 0 Å². The Morgan fingerprint density at radius 2 is 2.00 bits per heavy atom. The summed E-state index contributed by atoms with van der Waals surface area (Å²) in [7, 11) is 0. The number of ether oxygens (including phenoxy) is 3. The molecular weight excluding hydrogens is 412 g/mol. The minimum atomic E-state index is -0.452. The van der Waals surface area contributed by atoms with Crippen molar-refractivity contribution in [3.05, 3.63) is 68.9 Å². The van der Waals surface area contributed by atoms with Gasteiger partial charge < -0.3 is 14.2 Å². The highest BCUT2D eigenvalue weighted by Gasteiger charge is 2.16. The molecule has 1 aliphatic rings. The summed E-state index contributed by atoms with van der Waals surface area (Å²) in [4.78, 5) is 30.7. The van der Waals surface area contributed by atoms with E-state index in [1.807, 2.05) is 24.3 Å². The number of carbonyl (C=O) groups is 1. The number of benzene rings is 1. The van der Waals surface area contributed by atoms with Crippen molar-refractivity contribution in [2.45, 2.75) is 6.61 Å². The Labute approximate surface area is 172 Å². The van der Waals surface area contributed by atoms with Gasteiger partial charge in [0.15, 0.2) is 16.5 Å². The van der Waals surface area contributed by atoms with Gasteiger partial charge in [0.25, 0.3) is 5.56 Å². The lowest BCUT2D eigenvalue weighted by Crippen LogP contribution is -2.15. The van der Waals surface area contributed by atoms with Crippen LogP contribution in [0.2, 0.25) is 0 Å². The van der Waals surface area contributed by atoms with E-state index in [9.17, 15) is 9.59 Å². The van der Waals surface area contributed by atoms with Gasteiger partial charge in [0, 0.05) is 22.5 Å². The van der Waals surface area contributed by atoms with Crippen LogP contribution in [0.1, 0.15) is 15.4 Å². The molecule has 146 valence electrons. The minimum absolute atomic E-state index is 0.0558. The number of hydrogen-bond donors (Lipinski definition) is 0. The maximum Gasteiger partial charge on any atom is 0.348 e. The zero-order chi connectivity index (χ0) is 19.8. The van der Waals surface area contributed by atoms with Crippen LogP contribution in [0.3, 0.4) is 0 Å². The minimum Gasteiger partial charge on any atom is -0.486 e. The molecule has 4 aromatic rings. The molecule has 0 atom stereocenters. The van der Waals surface area contributed by atoms with Crippen LogP contribution in [-0.2, 0) is 11.3 Å². The smallest absolute Gasteiger partial charge is 0.348 e. The standard InChI is InChI=1S/C20H14N2O5S2/c23-18-10-13(21-20-22(18)5-8-28-20)11-27-19(24)17-4-3-16(29-17)12-1-2-14-15(9-12)26-7-6-25-14/h1-5,8-10H,6-7,11H2. The lowest BCUT2D eigenvalue weighted by Gasteiger charge is -2.18. The molecule has 0 N–H and O–H groups in total. The first kappa shape index (κ1) is 17.9. The van der Waals surface area contributed by atoms with Gasteiger partial charge in [0.2, 0.25) is 0 Å². The van der Waals surface area contributed by atoms with Gasteiger partial charge in [-0.1, -0.05) is 0 Å². The molecule has 0 aliphatic carbocycles.